The van der Waals surface area contributed by atoms with Gasteiger partial charge in [-0.2, -0.15) is 0 Å². The summed E-state index contributed by atoms with van der Waals surface area (Å²) < 4.78 is 2.25. The van der Waals surface area contributed by atoms with Crippen LogP contribution in [-0.2, 0) is 5.41 Å². The fourth-order valence-electron chi connectivity index (χ4n) is 2.49. The molecule has 1 heterocycles. The zero-order chi connectivity index (χ0) is 13.6. The molecule has 3 heteroatoms. The third kappa shape index (κ3) is 2.14. The minimum Gasteiger partial charge on any atom is -0.383 e. The maximum atomic E-state index is 6.37. The standard InChI is InChI=1S/C16H21N3/c1-16(2,3)15-18-13(11-7-5-4-6-8-11)14(17)19(15)12-9-10-12/h4-8,12H,9-10,17H2,1-3H3. The molecule has 19 heavy (non-hydrogen) atoms. The second-order valence-corrected chi connectivity index (χ2v) is 6.39. The molecule has 0 unspecified atom stereocenters. The summed E-state index contributed by atoms with van der Waals surface area (Å²) in [7, 11) is 0. The van der Waals surface area contributed by atoms with E-state index in [4.69, 9.17) is 10.7 Å². The van der Waals surface area contributed by atoms with Gasteiger partial charge in [-0.1, -0.05) is 51.1 Å². The Bertz CT molecular complexity index is 586. The molecule has 1 saturated carbocycles. The van der Waals surface area contributed by atoms with E-state index >= 15 is 0 Å². The number of imidazole rings is 1. The quantitative estimate of drug-likeness (QED) is 0.887. The highest BCUT2D eigenvalue weighted by Gasteiger charge is 2.34. The molecule has 0 radical (unpaired) electrons. The number of hydrogen-bond acceptors (Lipinski definition) is 2. The summed E-state index contributed by atoms with van der Waals surface area (Å²) in [5.41, 5.74) is 8.42. The highest BCUT2D eigenvalue weighted by molar-refractivity contribution is 5.71. The van der Waals surface area contributed by atoms with Crippen molar-refractivity contribution in [1.82, 2.24) is 9.55 Å². The molecule has 0 saturated heterocycles. The molecular weight excluding hydrogens is 234 g/mol. The van der Waals surface area contributed by atoms with Crippen molar-refractivity contribution < 1.29 is 0 Å². The van der Waals surface area contributed by atoms with Gasteiger partial charge in [0.15, 0.2) is 0 Å². The van der Waals surface area contributed by atoms with Gasteiger partial charge in [-0.25, -0.2) is 4.98 Å². The van der Waals surface area contributed by atoms with Gasteiger partial charge < -0.3 is 10.3 Å². The van der Waals surface area contributed by atoms with Crippen LogP contribution in [0.4, 0.5) is 5.82 Å². The Morgan fingerprint density at radius 3 is 2.32 bits per heavy atom. The number of aromatic nitrogens is 2. The lowest BCUT2D eigenvalue weighted by Gasteiger charge is -2.20. The van der Waals surface area contributed by atoms with Crippen LogP contribution in [0.5, 0.6) is 0 Å². The average Bonchev–Trinajstić information content (AvgIpc) is 3.13. The molecule has 0 amide bonds. The van der Waals surface area contributed by atoms with Crippen LogP contribution in [0.2, 0.25) is 0 Å². The summed E-state index contributed by atoms with van der Waals surface area (Å²) in [6.45, 7) is 6.59. The van der Waals surface area contributed by atoms with E-state index in [0.717, 1.165) is 22.9 Å². The average molecular weight is 255 g/mol. The number of nitrogens with zero attached hydrogens (tertiary/aromatic N) is 2. The number of benzene rings is 1. The monoisotopic (exact) mass is 255 g/mol. The van der Waals surface area contributed by atoms with E-state index in [9.17, 15) is 0 Å². The minimum atomic E-state index is 0.0176. The van der Waals surface area contributed by atoms with Crippen molar-refractivity contribution in [3.8, 4) is 11.3 Å². The number of anilines is 1. The first kappa shape index (κ1) is 12.3. The lowest BCUT2D eigenvalue weighted by molar-refractivity contribution is 0.504. The number of hydrogen-bond donors (Lipinski definition) is 1. The van der Waals surface area contributed by atoms with Gasteiger partial charge in [-0.15, -0.1) is 0 Å². The van der Waals surface area contributed by atoms with Gasteiger partial charge in [0.05, 0.1) is 0 Å². The summed E-state index contributed by atoms with van der Waals surface area (Å²) in [6.07, 6.45) is 2.44. The molecule has 0 spiro atoms. The SMILES string of the molecule is CC(C)(C)c1nc(-c2ccccc2)c(N)n1C1CC1. The molecule has 3 nitrogen and oxygen atoms in total. The van der Waals surface area contributed by atoms with E-state index in [0.29, 0.717) is 6.04 Å². The Labute approximate surface area is 114 Å². The van der Waals surface area contributed by atoms with E-state index in [-0.39, 0.29) is 5.41 Å². The summed E-state index contributed by atoms with van der Waals surface area (Å²) in [5.74, 6) is 1.92. The van der Waals surface area contributed by atoms with E-state index in [2.05, 4.69) is 37.5 Å². The van der Waals surface area contributed by atoms with Crippen molar-refractivity contribution in [2.45, 2.75) is 45.1 Å². The maximum absolute atomic E-state index is 6.37. The largest absolute Gasteiger partial charge is 0.383 e. The Hall–Kier alpha value is -1.77. The van der Waals surface area contributed by atoms with Crippen LogP contribution in [0.1, 0.15) is 45.5 Å². The summed E-state index contributed by atoms with van der Waals surface area (Å²) >= 11 is 0. The molecule has 1 aromatic heterocycles. The Morgan fingerprint density at radius 2 is 1.79 bits per heavy atom. The third-order valence-electron chi connectivity index (χ3n) is 3.58. The second-order valence-electron chi connectivity index (χ2n) is 6.39. The van der Waals surface area contributed by atoms with Gasteiger partial charge >= 0.3 is 0 Å². The van der Waals surface area contributed by atoms with Crippen molar-refractivity contribution >= 4 is 5.82 Å². The van der Waals surface area contributed by atoms with E-state index < -0.39 is 0 Å². The Morgan fingerprint density at radius 1 is 1.16 bits per heavy atom. The molecule has 3 rings (SSSR count). The third-order valence-corrected chi connectivity index (χ3v) is 3.58. The zero-order valence-corrected chi connectivity index (χ0v) is 11.9. The summed E-state index contributed by atoms with van der Waals surface area (Å²) in [4.78, 5) is 4.85. The van der Waals surface area contributed by atoms with Crippen LogP contribution in [-0.4, -0.2) is 9.55 Å². The predicted octanol–water partition coefficient (Wildman–Crippen LogP) is 3.76. The van der Waals surface area contributed by atoms with Crippen LogP contribution >= 0.6 is 0 Å². The first-order valence-electron chi connectivity index (χ1n) is 6.92. The van der Waals surface area contributed by atoms with E-state index in [1.165, 1.54) is 12.8 Å². The van der Waals surface area contributed by atoms with Crippen molar-refractivity contribution in [3.05, 3.63) is 36.2 Å². The normalized spacial score (nSPS) is 15.7. The van der Waals surface area contributed by atoms with Crippen molar-refractivity contribution in [2.24, 2.45) is 0 Å². The van der Waals surface area contributed by atoms with Crippen LogP contribution < -0.4 is 5.73 Å². The fourth-order valence-corrected chi connectivity index (χ4v) is 2.49. The van der Waals surface area contributed by atoms with E-state index in [1.807, 2.05) is 18.2 Å². The van der Waals surface area contributed by atoms with Crippen molar-refractivity contribution in [1.29, 1.82) is 0 Å². The van der Waals surface area contributed by atoms with Gasteiger partial charge in [-0.05, 0) is 12.8 Å². The molecule has 1 aliphatic rings. The molecule has 0 bridgehead atoms. The second kappa shape index (κ2) is 4.12. The molecule has 2 aromatic rings. The fraction of sp³-hybridized carbons (Fsp3) is 0.438. The van der Waals surface area contributed by atoms with E-state index in [1.54, 1.807) is 0 Å². The molecule has 1 aliphatic carbocycles. The highest BCUT2D eigenvalue weighted by Crippen LogP contribution is 2.43. The first-order valence-corrected chi connectivity index (χ1v) is 6.92. The van der Waals surface area contributed by atoms with Crippen LogP contribution in [0.3, 0.4) is 0 Å². The minimum absolute atomic E-state index is 0.0176. The Kier molecular flexibility index (Phi) is 2.66. The number of rotatable bonds is 2. The predicted molar refractivity (Wildman–Crippen MR) is 79.0 cm³/mol. The molecule has 1 aromatic carbocycles. The lowest BCUT2D eigenvalue weighted by Crippen LogP contribution is -2.19. The smallest absolute Gasteiger partial charge is 0.132 e. The van der Waals surface area contributed by atoms with Gasteiger partial charge in [0.1, 0.15) is 17.3 Å². The first-order chi connectivity index (χ1) is 8.98. The van der Waals surface area contributed by atoms with Crippen molar-refractivity contribution in [2.75, 3.05) is 5.73 Å². The van der Waals surface area contributed by atoms with Crippen LogP contribution in [0, 0.1) is 0 Å². The Balaban J connectivity index is 2.17. The van der Waals surface area contributed by atoms with Crippen LogP contribution in [0.25, 0.3) is 11.3 Å². The molecule has 2 N–H and O–H groups in total. The van der Waals surface area contributed by atoms with Gasteiger partial charge in [0.2, 0.25) is 0 Å². The summed E-state index contributed by atoms with van der Waals surface area (Å²) in [5, 5.41) is 0. The zero-order valence-electron chi connectivity index (χ0n) is 11.9. The van der Waals surface area contributed by atoms with Gasteiger partial charge in [0.25, 0.3) is 0 Å². The molecule has 1 fully saturated rings. The topological polar surface area (TPSA) is 43.8 Å². The van der Waals surface area contributed by atoms with Crippen molar-refractivity contribution in [3.63, 3.8) is 0 Å². The van der Waals surface area contributed by atoms with Gasteiger partial charge in [0, 0.05) is 17.0 Å². The molecule has 0 atom stereocenters. The lowest BCUT2D eigenvalue weighted by atomic mass is 9.95. The maximum Gasteiger partial charge on any atom is 0.132 e. The molecule has 0 aliphatic heterocycles. The summed E-state index contributed by atoms with van der Waals surface area (Å²) in [6, 6.07) is 10.8. The molecular formula is C16H21N3. The molecule has 100 valence electrons. The number of nitrogens with two attached hydrogens (primary N) is 1. The highest BCUT2D eigenvalue weighted by atomic mass is 15.2. The van der Waals surface area contributed by atoms with Crippen LogP contribution in [0.15, 0.2) is 30.3 Å². The van der Waals surface area contributed by atoms with Gasteiger partial charge in [-0.3, -0.25) is 0 Å². The number of nitrogen functional groups attached to an aromatic ring is 1.